The van der Waals surface area contributed by atoms with E-state index in [0.29, 0.717) is 35.3 Å². The molecular formula is C12H17N3O3S2. The van der Waals surface area contributed by atoms with Crippen molar-refractivity contribution in [1.29, 1.82) is 0 Å². The molecule has 0 amide bonds. The number of unbranched alkanes of at least 4 members (excludes halogenated alkanes) is 1. The molecule has 0 aliphatic rings. The van der Waals surface area contributed by atoms with Crippen molar-refractivity contribution >= 4 is 26.5 Å². The van der Waals surface area contributed by atoms with E-state index in [4.69, 9.17) is 10.2 Å². The molecule has 0 unspecified atom stereocenters. The summed E-state index contributed by atoms with van der Waals surface area (Å²) in [5, 5.41) is 2.10. The van der Waals surface area contributed by atoms with E-state index in [1.54, 1.807) is 17.5 Å². The summed E-state index contributed by atoms with van der Waals surface area (Å²) in [4.78, 5) is 4.22. The van der Waals surface area contributed by atoms with Crippen LogP contribution in [0.4, 0.5) is 5.13 Å². The van der Waals surface area contributed by atoms with Crippen LogP contribution in [0.1, 0.15) is 25.5 Å². The van der Waals surface area contributed by atoms with Crippen LogP contribution in [0, 0.1) is 0 Å². The number of hydrogen-bond donors (Lipinski definition) is 2. The third-order valence-electron chi connectivity index (χ3n) is 2.63. The molecular weight excluding hydrogens is 298 g/mol. The maximum Gasteiger partial charge on any atom is 0.234 e. The molecule has 0 atom stereocenters. The fraction of sp³-hybridized carbons (Fsp3) is 0.417. The Bertz CT molecular complexity index is 661. The van der Waals surface area contributed by atoms with Crippen LogP contribution < -0.4 is 10.5 Å². The van der Waals surface area contributed by atoms with Crippen LogP contribution >= 0.6 is 11.3 Å². The number of aromatic nitrogens is 1. The Morgan fingerprint density at radius 3 is 2.90 bits per heavy atom. The summed E-state index contributed by atoms with van der Waals surface area (Å²) in [6, 6.07) is 3.55. The minimum atomic E-state index is -3.32. The van der Waals surface area contributed by atoms with Crippen molar-refractivity contribution in [1.82, 2.24) is 4.98 Å². The van der Waals surface area contributed by atoms with Gasteiger partial charge in [-0.1, -0.05) is 13.3 Å². The van der Waals surface area contributed by atoms with Gasteiger partial charge in [0.05, 0.1) is 12.3 Å². The molecule has 2 aromatic heterocycles. The third-order valence-corrected chi connectivity index (χ3v) is 4.85. The molecule has 110 valence electrons. The van der Waals surface area contributed by atoms with Crippen LogP contribution in [0.15, 0.2) is 21.9 Å². The second-order valence-corrected chi connectivity index (χ2v) is 6.98. The van der Waals surface area contributed by atoms with E-state index in [0.717, 1.165) is 6.42 Å². The van der Waals surface area contributed by atoms with Gasteiger partial charge in [0.1, 0.15) is 11.5 Å². The van der Waals surface area contributed by atoms with Gasteiger partial charge in [0.15, 0.2) is 10.9 Å². The number of furan rings is 1. The van der Waals surface area contributed by atoms with Crippen molar-refractivity contribution in [2.24, 2.45) is 5.73 Å². The Hall–Kier alpha value is -1.38. The number of nitrogens with two attached hydrogens (primary N) is 1. The Kier molecular flexibility index (Phi) is 4.79. The van der Waals surface area contributed by atoms with Crippen LogP contribution in [-0.4, -0.2) is 19.2 Å². The smallest absolute Gasteiger partial charge is 0.234 e. The standard InChI is InChI=1S/C12H17N3O3S2/c1-2-3-6-20(16,17)15-12-14-10(8-19-12)11-5-4-9(7-13)18-11/h4-5,8H,2-3,6-7,13H2,1H3,(H,14,15). The lowest BCUT2D eigenvalue weighted by Crippen LogP contribution is -2.16. The van der Waals surface area contributed by atoms with Gasteiger partial charge in [-0.05, 0) is 18.6 Å². The minimum absolute atomic E-state index is 0.108. The van der Waals surface area contributed by atoms with Crippen LogP contribution in [0.3, 0.4) is 0 Å². The quantitative estimate of drug-likeness (QED) is 0.817. The van der Waals surface area contributed by atoms with Crippen molar-refractivity contribution in [3.8, 4) is 11.5 Å². The van der Waals surface area contributed by atoms with Crippen molar-refractivity contribution < 1.29 is 12.8 Å². The van der Waals surface area contributed by atoms with Crippen molar-refractivity contribution in [3.63, 3.8) is 0 Å². The maximum atomic E-state index is 11.8. The molecule has 0 radical (unpaired) electrons. The van der Waals surface area contributed by atoms with Gasteiger partial charge >= 0.3 is 0 Å². The highest BCUT2D eigenvalue weighted by molar-refractivity contribution is 7.92. The highest BCUT2D eigenvalue weighted by atomic mass is 32.2. The van der Waals surface area contributed by atoms with E-state index in [1.807, 2.05) is 6.92 Å². The molecule has 2 heterocycles. The number of sulfonamides is 1. The number of rotatable bonds is 7. The number of hydrogen-bond acceptors (Lipinski definition) is 6. The predicted octanol–water partition coefficient (Wildman–Crippen LogP) is 2.40. The van der Waals surface area contributed by atoms with Gasteiger partial charge in [-0.3, -0.25) is 4.72 Å². The van der Waals surface area contributed by atoms with Gasteiger partial charge in [0, 0.05) is 5.38 Å². The summed E-state index contributed by atoms with van der Waals surface area (Å²) in [5.74, 6) is 1.36. The average molecular weight is 315 g/mol. The van der Waals surface area contributed by atoms with Crippen LogP contribution in [0.5, 0.6) is 0 Å². The summed E-state index contributed by atoms with van der Waals surface area (Å²) < 4.78 is 31.5. The molecule has 8 heteroatoms. The Morgan fingerprint density at radius 1 is 1.45 bits per heavy atom. The number of anilines is 1. The fourth-order valence-corrected chi connectivity index (χ4v) is 3.78. The van der Waals surface area contributed by atoms with Gasteiger partial charge < -0.3 is 10.2 Å². The highest BCUT2D eigenvalue weighted by Crippen LogP contribution is 2.27. The second-order valence-electron chi connectivity index (χ2n) is 4.28. The zero-order valence-electron chi connectivity index (χ0n) is 11.1. The summed E-state index contributed by atoms with van der Waals surface area (Å²) in [6.07, 6.45) is 1.46. The molecule has 3 N–H and O–H groups in total. The lowest BCUT2D eigenvalue weighted by molar-refractivity contribution is 0.524. The van der Waals surface area contributed by atoms with E-state index >= 15 is 0 Å². The number of nitrogens with one attached hydrogen (secondary N) is 1. The molecule has 6 nitrogen and oxygen atoms in total. The topological polar surface area (TPSA) is 98.2 Å². The van der Waals surface area contributed by atoms with Gasteiger partial charge in [-0.2, -0.15) is 0 Å². The molecule has 20 heavy (non-hydrogen) atoms. The van der Waals surface area contributed by atoms with Gasteiger partial charge in [0.2, 0.25) is 10.0 Å². The molecule has 0 saturated heterocycles. The average Bonchev–Trinajstić information content (AvgIpc) is 3.04. The van der Waals surface area contributed by atoms with E-state index in [-0.39, 0.29) is 5.75 Å². The summed E-state index contributed by atoms with van der Waals surface area (Å²) >= 11 is 1.23. The van der Waals surface area contributed by atoms with Crippen LogP contribution in [-0.2, 0) is 16.6 Å². The summed E-state index contributed by atoms with van der Waals surface area (Å²) in [6.45, 7) is 2.27. The molecule has 0 bridgehead atoms. The Morgan fingerprint density at radius 2 is 2.25 bits per heavy atom. The third kappa shape index (κ3) is 3.81. The summed E-state index contributed by atoms with van der Waals surface area (Å²) in [7, 11) is -3.32. The second kappa shape index (κ2) is 6.38. The van der Waals surface area contributed by atoms with Crippen LogP contribution in [0.25, 0.3) is 11.5 Å². The number of thiazole rings is 1. The normalized spacial score (nSPS) is 11.7. The first-order chi connectivity index (χ1) is 9.54. The molecule has 0 fully saturated rings. The largest absolute Gasteiger partial charge is 0.458 e. The first kappa shape index (κ1) is 15.0. The molecule has 0 saturated carbocycles. The van der Waals surface area contributed by atoms with E-state index < -0.39 is 10.0 Å². The lowest BCUT2D eigenvalue weighted by atomic mass is 10.3. The molecule has 2 rings (SSSR count). The molecule has 2 aromatic rings. The minimum Gasteiger partial charge on any atom is -0.458 e. The first-order valence-corrected chi connectivity index (χ1v) is 8.82. The van der Waals surface area contributed by atoms with E-state index in [9.17, 15) is 8.42 Å². The Labute approximate surface area is 122 Å². The molecule has 0 aliphatic carbocycles. The van der Waals surface area contributed by atoms with E-state index in [1.165, 1.54) is 11.3 Å². The Balaban J connectivity index is 2.09. The summed E-state index contributed by atoms with van der Waals surface area (Å²) in [5.41, 5.74) is 6.07. The van der Waals surface area contributed by atoms with Crippen molar-refractivity contribution in [3.05, 3.63) is 23.3 Å². The highest BCUT2D eigenvalue weighted by Gasteiger charge is 2.14. The monoisotopic (exact) mass is 315 g/mol. The SMILES string of the molecule is CCCCS(=O)(=O)Nc1nc(-c2ccc(CN)o2)cs1. The molecule has 0 aromatic carbocycles. The van der Waals surface area contributed by atoms with E-state index in [2.05, 4.69) is 9.71 Å². The van der Waals surface area contributed by atoms with Crippen molar-refractivity contribution in [2.45, 2.75) is 26.3 Å². The predicted molar refractivity (Wildman–Crippen MR) is 80.0 cm³/mol. The first-order valence-electron chi connectivity index (χ1n) is 6.29. The van der Waals surface area contributed by atoms with Gasteiger partial charge in [0.25, 0.3) is 0 Å². The van der Waals surface area contributed by atoms with Gasteiger partial charge in [-0.25, -0.2) is 13.4 Å². The van der Waals surface area contributed by atoms with Gasteiger partial charge in [-0.15, -0.1) is 11.3 Å². The molecule has 0 aliphatic heterocycles. The molecule has 0 spiro atoms. The fourth-order valence-electron chi connectivity index (χ4n) is 1.58. The lowest BCUT2D eigenvalue weighted by Gasteiger charge is -2.03. The van der Waals surface area contributed by atoms with Crippen molar-refractivity contribution in [2.75, 3.05) is 10.5 Å². The number of nitrogens with zero attached hydrogens (tertiary/aromatic N) is 1. The zero-order valence-corrected chi connectivity index (χ0v) is 12.8. The zero-order chi connectivity index (χ0) is 14.6. The van der Waals surface area contributed by atoms with Crippen LogP contribution in [0.2, 0.25) is 0 Å². The maximum absolute atomic E-state index is 11.8.